The molecule has 0 bridgehead atoms. The number of hydrogen-bond acceptors (Lipinski definition) is 7. The highest BCUT2D eigenvalue weighted by Gasteiger charge is 2.43. The van der Waals surface area contributed by atoms with Crippen LogP contribution < -0.4 is 5.32 Å². The molecule has 108 valence electrons. The van der Waals surface area contributed by atoms with Gasteiger partial charge in [-0.1, -0.05) is 13.8 Å². The number of nitrogens with one attached hydrogen (secondary N) is 1. The molecule has 1 saturated heterocycles. The molecule has 2 aliphatic heterocycles. The predicted molar refractivity (Wildman–Crippen MR) is 67.6 cm³/mol. The van der Waals surface area contributed by atoms with Crippen LogP contribution in [0.1, 0.15) is 13.8 Å². The molecule has 0 aliphatic carbocycles. The van der Waals surface area contributed by atoms with Crippen molar-refractivity contribution in [3.8, 4) is 0 Å². The van der Waals surface area contributed by atoms with Crippen LogP contribution in [0.2, 0.25) is 0 Å². The van der Waals surface area contributed by atoms with E-state index >= 15 is 0 Å². The van der Waals surface area contributed by atoms with Gasteiger partial charge >= 0.3 is 6.03 Å². The number of carbonyl (C=O) groups excluding carboxylic acids is 1. The lowest BCUT2D eigenvalue weighted by Gasteiger charge is -2.23. The van der Waals surface area contributed by atoms with Gasteiger partial charge in [-0.25, -0.2) is 19.3 Å². The summed E-state index contributed by atoms with van der Waals surface area (Å²) in [7, 11) is 0. The monoisotopic (exact) mass is 294 g/mol. The first-order chi connectivity index (χ1) is 7.99. The Morgan fingerprint density at radius 3 is 2.58 bits per heavy atom. The van der Waals surface area contributed by atoms with Gasteiger partial charge in [0.1, 0.15) is 0 Å². The molecule has 5 N–H and O–H groups in total. The molecule has 19 heavy (non-hydrogen) atoms. The maximum absolute atomic E-state index is 11.3. The second-order valence-electron chi connectivity index (χ2n) is 3.48. The Morgan fingerprint density at radius 1 is 1.42 bits per heavy atom. The lowest BCUT2D eigenvalue weighted by atomic mass is 10.6. The SMILES string of the molecule is CC(C)SN1C=CN2C(=N1)NC(=O)N2[N+](=O)[O-].O.O. The van der Waals surface area contributed by atoms with Crippen LogP contribution in [0, 0.1) is 10.1 Å². The van der Waals surface area contributed by atoms with E-state index in [-0.39, 0.29) is 16.9 Å². The topological polar surface area (TPSA) is 157 Å². The molecule has 0 radical (unpaired) electrons. The van der Waals surface area contributed by atoms with E-state index in [4.69, 9.17) is 0 Å². The molecule has 2 aliphatic rings. The minimum Gasteiger partial charge on any atom is -0.412 e. The maximum Gasteiger partial charge on any atom is 0.408 e. The second kappa shape index (κ2) is 6.21. The first-order valence-corrected chi connectivity index (χ1v) is 5.60. The average molecular weight is 294 g/mol. The van der Waals surface area contributed by atoms with Gasteiger partial charge in [0.25, 0.3) is 5.96 Å². The van der Waals surface area contributed by atoms with Gasteiger partial charge in [0.05, 0.1) is 17.5 Å². The predicted octanol–water partition coefficient (Wildman–Crippen LogP) is -1.11. The Morgan fingerprint density at radius 2 is 2.05 bits per heavy atom. The molecule has 0 aromatic carbocycles. The average Bonchev–Trinajstić information content (AvgIpc) is 2.51. The fourth-order valence-corrected chi connectivity index (χ4v) is 1.95. The summed E-state index contributed by atoms with van der Waals surface area (Å²) in [5.74, 6) is 0.113. The van der Waals surface area contributed by atoms with Crippen LogP contribution >= 0.6 is 11.9 Å². The maximum atomic E-state index is 11.3. The third-order valence-corrected chi connectivity index (χ3v) is 2.66. The van der Waals surface area contributed by atoms with Crippen LogP contribution in [0.25, 0.3) is 0 Å². The number of hydrogen-bond donors (Lipinski definition) is 1. The van der Waals surface area contributed by atoms with Gasteiger partial charge < -0.3 is 11.0 Å². The van der Waals surface area contributed by atoms with Crippen molar-refractivity contribution in [3.63, 3.8) is 0 Å². The molecule has 0 saturated carbocycles. The number of hydrazone groups is 1. The Bertz CT molecular complexity index is 426. The standard InChI is InChI=1S/C7H10N6O3S.2H2O/c1-5(2)17-11-4-3-10-6(9-11)8-7(14)12(10)13(15)16;;/h3-5H,1-2H3,(H,8,9,14);2*1H2. The van der Waals surface area contributed by atoms with Gasteiger partial charge in [-0.3, -0.25) is 5.32 Å². The third kappa shape index (κ3) is 3.24. The lowest BCUT2D eigenvalue weighted by molar-refractivity contribution is -0.661. The van der Waals surface area contributed by atoms with Crippen molar-refractivity contribution in [1.29, 1.82) is 0 Å². The number of amides is 2. The lowest BCUT2D eigenvalue weighted by Crippen LogP contribution is -2.42. The zero-order chi connectivity index (χ0) is 12.6. The van der Waals surface area contributed by atoms with E-state index in [0.717, 1.165) is 5.01 Å². The number of urea groups is 1. The highest BCUT2D eigenvalue weighted by molar-refractivity contribution is 7.97. The number of guanidine groups is 1. The highest BCUT2D eigenvalue weighted by Crippen LogP contribution is 2.22. The van der Waals surface area contributed by atoms with Crippen molar-refractivity contribution in [3.05, 3.63) is 22.5 Å². The molecule has 11 nitrogen and oxygen atoms in total. The zero-order valence-electron chi connectivity index (χ0n) is 10.1. The van der Waals surface area contributed by atoms with Crippen LogP contribution in [0.5, 0.6) is 0 Å². The second-order valence-corrected chi connectivity index (χ2v) is 5.01. The molecule has 1 fully saturated rings. The van der Waals surface area contributed by atoms with Crippen molar-refractivity contribution < 1.29 is 20.8 Å². The van der Waals surface area contributed by atoms with Crippen molar-refractivity contribution in [2.75, 3.05) is 0 Å². The summed E-state index contributed by atoms with van der Waals surface area (Å²) >= 11 is 1.43. The smallest absolute Gasteiger partial charge is 0.408 e. The van der Waals surface area contributed by atoms with E-state index in [1.165, 1.54) is 18.1 Å². The van der Waals surface area contributed by atoms with E-state index in [0.29, 0.717) is 10.4 Å². The summed E-state index contributed by atoms with van der Waals surface area (Å²) in [6.45, 7) is 3.98. The summed E-state index contributed by atoms with van der Waals surface area (Å²) in [5.41, 5.74) is 0. The van der Waals surface area contributed by atoms with E-state index in [1.54, 1.807) is 10.6 Å². The van der Waals surface area contributed by atoms with Crippen molar-refractivity contribution in [1.82, 2.24) is 19.9 Å². The highest BCUT2D eigenvalue weighted by atomic mass is 32.2. The first-order valence-electron chi connectivity index (χ1n) is 4.76. The molecular formula is C7H14N6O5S. The van der Waals surface area contributed by atoms with Crippen molar-refractivity contribution in [2.24, 2.45) is 5.10 Å². The van der Waals surface area contributed by atoms with Gasteiger partial charge in [0, 0.05) is 5.25 Å². The van der Waals surface area contributed by atoms with Gasteiger partial charge in [0.2, 0.25) is 0 Å². The number of hydrazine groups is 2. The number of fused-ring (bicyclic) bond motifs is 1. The number of nitrogens with zero attached hydrogens (tertiary/aromatic N) is 5. The Labute approximate surface area is 112 Å². The van der Waals surface area contributed by atoms with Crippen molar-refractivity contribution in [2.45, 2.75) is 19.1 Å². The van der Waals surface area contributed by atoms with E-state index in [9.17, 15) is 14.9 Å². The Kier molecular flexibility index (Phi) is 5.54. The minimum absolute atomic E-state index is 0. The molecule has 2 rings (SSSR count). The van der Waals surface area contributed by atoms with Crippen LogP contribution in [0.3, 0.4) is 0 Å². The van der Waals surface area contributed by atoms with E-state index < -0.39 is 11.1 Å². The number of carbonyl (C=O) groups is 1. The molecule has 0 spiro atoms. The molecule has 2 amide bonds. The van der Waals surface area contributed by atoms with Crippen molar-refractivity contribution >= 4 is 23.9 Å². The molecule has 0 aromatic rings. The van der Waals surface area contributed by atoms with Gasteiger partial charge in [-0.15, -0.1) is 5.10 Å². The fourth-order valence-electron chi connectivity index (χ4n) is 1.27. The summed E-state index contributed by atoms with van der Waals surface area (Å²) in [6.07, 6.45) is 2.95. The van der Waals surface area contributed by atoms with Gasteiger partial charge in [-0.05, 0) is 11.9 Å². The van der Waals surface area contributed by atoms with Gasteiger partial charge in [0.15, 0.2) is 5.03 Å². The van der Waals surface area contributed by atoms with E-state index in [2.05, 4.69) is 10.4 Å². The van der Waals surface area contributed by atoms with Crippen LogP contribution in [0.4, 0.5) is 4.79 Å². The summed E-state index contributed by atoms with van der Waals surface area (Å²) in [5, 5.41) is 17.9. The summed E-state index contributed by atoms with van der Waals surface area (Å²) < 4.78 is 1.54. The zero-order valence-corrected chi connectivity index (χ0v) is 10.9. The Hall–Kier alpha value is -2.05. The first kappa shape index (κ1) is 16.9. The fraction of sp³-hybridized carbons (Fsp3) is 0.429. The molecule has 12 heteroatoms. The molecule has 0 atom stereocenters. The van der Waals surface area contributed by atoms with E-state index in [1.807, 2.05) is 13.8 Å². The minimum atomic E-state index is -0.838. The number of rotatable bonds is 3. The summed E-state index contributed by atoms with van der Waals surface area (Å²) in [4.78, 5) is 21.9. The normalized spacial score (nSPS) is 16.5. The largest absolute Gasteiger partial charge is 0.412 e. The van der Waals surface area contributed by atoms with Crippen LogP contribution in [0.15, 0.2) is 17.5 Å². The molecule has 0 unspecified atom stereocenters. The third-order valence-electron chi connectivity index (χ3n) is 1.82. The quantitative estimate of drug-likeness (QED) is 0.394. The number of nitro groups is 1. The molecule has 0 aromatic heterocycles. The van der Waals surface area contributed by atoms with Crippen LogP contribution in [-0.4, -0.2) is 47.8 Å². The van der Waals surface area contributed by atoms with Crippen LogP contribution in [-0.2, 0) is 0 Å². The molecule has 2 heterocycles. The summed E-state index contributed by atoms with van der Waals surface area (Å²) in [6, 6.07) is -0.838. The Balaban J connectivity index is 0.00000162. The molecular weight excluding hydrogens is 280 g/mol. The van der Waals surface area contributed by atoms with Gasteiger partial charge in [-0.2, -0.15) is 5.01 Å².